The molecule has 0 heterocycles. The molecule has 0 spiro atoms. The zero-order valence-electron chi connectivity index (χ0n) is 8.68. The van der Waals surface area contributed by atoms with Crippen LogP contribution in [-0.2, 0) is 0 Å². The van der Waals surface area contributed by atoms with Gasteiger partial charge in [-0.1, -0.05) is 17.7 Å². The van der Waals surface area contributed by atoms with Crippen molar-refractivity contribution in [1.29, 1.82) is 0 Å². The van der Waals surface area contributed by atoms with Gasteiger partial charge in [-0.05, 0) is 25.1 Å². The van der Waals surface area contributed by atoms with Crippen molar-refractivity contribution in [2.24, 2.45) is 0 Å². The van der Waals surface area contributed by atoms with Gasteiger partial charge in [-0.3, -0.25) is 0 Å². The number of allylic oxidation sites excluding steroid dienone is 1. The molecular weight excluding hydrogens is 233 g/mol. The van der Waals surface area contributed by atoms with E-state index in [2.05, 4.69) is 5.32 Å². The van der Waals surface area contributed by atoms with Crippen LogP contribution in [0.3, 0.4) is 0 Å². The molecular formula is C11H13ClFNS. The Hall–Kier alpha value is -0.670. The average molecular weight is 246 g/mol. The van der Waals surface area contributed by atoms with Gasteiger partial charge in [0.25, 0.3) is 0 Å². The number of thioether (sulfide) groups is 1. The molecule has 0 saturated heterocycles. The molecule has 0 aromatic heterocycles. The molecule has 1 aromatic rings. The SMILES string of the molecule is CNc1ccc(SC/C=C(\C)Cl)cc1F. The number of halogens is 2. The molecule has 1 N–H and O–H groups in total. The van der Waals surface area contributed by atoms with Crippen LogP contribution < -0.4 is 5.32 Å². The summed E-state index contributed by atoms with van der Waals surface area (Å²) in [4.78, 5) is 0.903. The molecule has 0 bridgehead atoms. The van der Waals surface area contributed by atoms with E-state index in [9.17, 15) is 4.39 Å². The van der Waals surface area contributed by atoms with Crippen molar-refractivity contribution in [3.05, 3.63) is 35.1 Å². The molecule has 1 nitrogen and oxygen atoms in total. The Morgan fingerprint density at radius 1 is 1.60 bits per heavy atom. The highest BCUT2D eigenvalue weighted by Gasteiger charge is 2.01. The van der Waals surface area contributed by atoms with Crippen molar-refractivity contribution in [1.82, 2.24) is 0 Å². The summed E-state index contributed by atoms with van der Waals surface area (Å²) in [6.45, 7) is 1.83. The number of benzene rings is 1. The van der Waals surface area contributed by atoms with Crippen LogP contribution >= 0.6 is 23.4 Å². The van der Waals surface area contributed by atoms with Crippen LogP contribution in [0.25, 0.3) is 0 Å². The van der Waals surface area contributed by atoms with Crippen LogP contribution in [0, 0.1) is 5.82 Å². The molecule has 82 valence electrons. The molecule has 0 aliphatic heterocycles. The first-order valence-corrected chi connectivity index (χ1v) is 5.92. The number of nitrogens with one attached hydrogen (secondary N) is 1. The summed E-state index contributed by atoms with van der Waals surface area (Å²) in [7, 11) is 1.70. The van der Waals surface area contributed by atoms with Crippen LogP contribution in [0.15, 0.2) is 34.2 Å². The Morgan fingerprint density at radius 3 is 2.87 bits per heavy atom. The lowest BCUT2D eigenvalue weighted by Crippen LogP contribution is -1.92. The van der Waals surface area contributed by atoms with Gasteiger partial charge in [0, 0.05) is 22.7 Å². The summed E-state index contributed by atoms with van der Waals surface area (Å²) in [6.07, 6.45) is 1.90. The predicted octanol–water partition coefficient (Wildman–Crippen LogP) is 4.10. The lowest BCUT2D eigenvalue weighted by Gasteiger charge is -2.04. The van der Waals surface area contributed by atoms with Crippen molar-refractivity contribution in [3.8, 4) is 0 Å². The number of hydrogen-bond acceptors (Lipinski definition) is 2. The van der Waals surface area contributed by atoms with Crippen LogP contribution in [0.1, 0.15) is 6.92 Å². The van der Waals surface area contributed by atoms with Crippen molar-refractivity contribution in [2.45, 2.75) is 11.8 Å². The summed E-state index contributed by atoms with van der Waals surface area (Å²) in [5, 5.41) is 3.54. The monoisotopic (exact) mass is 245 g/mol. The minimum Gasteiger partial charge on any atom is -0.386 e. The van der Waals surface area contributed by atoms with Gasteiger partial charge in [0.05, 0.1) is 5.69 Å². The molecule has 4 heteroatoms. The number of hydrogen-bond donors (Lipinski definition) is 1. The Labute approximate surface area is 98.7 Å². The van der Waals surface area contributed by atoms with Gasteiger partial charge in [0.1, 0.15) is 5.82 Å². The fraction of sp³-hybridized carbons (Fsp3) is 0.273. The second-order valence-electron chi connectivity index (χ2n) is 2.99. The van der Waals surface area contributed by atoms with Gasteiger partial charge in [-0.2, -0.15) is 0 Å². The van der Waals surface area contributed by atoms with Crippen LogP contribution in [0.4, 0.5) is 10.1 Å². The van der Waals surface area contributed by atoms with E-state index in [0.717, 1.165) is 15.7 Å². The third kappa shape index (κ3) is 4.14. The van der Waals surface area contributed by atoms with E-state index in [0.29, 0.717) is 5.69 Å². The first-order valence-electron chi connectivity index (χ1n) is 4.56. The van der Waals surface area contributed by atoms with Gasteiger partial charge in [-0.15, -0.1) is 11.8 Å². The maximum atomic E-state index is 13.3. The Morgan fingerprint density at radius 2 is 2.33 bits per heavy atom. The van der Waals surface area contributed by atoms with E-state index < -0.39 is 0 Å². The molecule has 15 heavy (non-hydrogen) atoms. The van der Waals surface area contributed by atoms with Gasteiger partial charge in [0.15, 0.2) is 0 Å². The second kappa shape index (κ2) is 6.03. The van der Waals surface area contributed by atoms with E-state index in [1.807, 2.05) is 19.1 Å². The standard InChI is InChI=1S/C11H13ClFNS/c1-8(12)5-6-15-9-3-4-11(14-2)10(13)7-9/h3-5,7,14H,6H2,1-2H3/b8-5+. The Balaban J connectivity index is 2.63. The number of rotatable bonds is 4. The summed E-state index contributed by atoms with van der Waals surface area (Å²) in [5.41, 5.74) is 0.517. The smallest absolute Gasteiger partial charge is 0.147 e. The molecule has 0 unspecified atom stereocenters. The highest BCUT2D eigenvalue weighted by Crippen LogP contribution is 2.23. The van der Waals surface area contributed by atoms with E-state index in [1.165, 1.54) is 6.07 Å². The summed E-state index contributed by atoms with van der Waals surface area (Å²) in [6, 6.07) is 5.14. The maximum Gasteiger partial charge on any atom is 0.147 e. The average Bonchev–Trinajstić information content (AvgIpc) is 2.17. The molecule has 0 aliphatic carbocycles. The van der Waals surface area contributed by atoms with E-state index in [4.69, 9.17) is 11.6 Å². The lowest BCUT2D eigenvalue weighted by molar-refractivity contribution is 0.628. The normalized spacial score (nSPS) is 11.6. The van der Waals surface area contributed by atoms with Crippen LogP contribution in [0.2, 0.25) is 0 Å². The van der Waals surface area contributed by atoms with Crippen molar-refractivity contribution < 1.29 is 4.39 Å². The Bertz CT molecular complexity index is 362. The van der Waals surface area contributed by atoms with E-state index in [1.54, 1.807) is 24.9 Å². The minimum atomic E-state index is -0.228. The topological polar surface area (TPSA) is 12.0 Å². The fourth-order valence-corrected chi connectivity index (χ4v) is 2.09. The van der Waals surface area contributed by atoms with Crippen LogP contribution in [0.5, 0.6) is 0 Å². The molecule has 0 fully saturated rings. The van der Waals surface area contributed by atoms with Gasteiger partial charge in [0.2, 0.25) is 0 Å². The first kappa shape index (κ1) is 12.4. The Kier molecular flexibility index (Phi) is 4.99. The fourth-order valence-electron chi connectivity index (χ4n) is 1.04. The molecule has 0 amide bonds. The summed E-state index contributed by atoms with van der Waals surface area (Å²) >= 11 is 7.24. The van der Waals surface area contributed by atoms with Crippen LogP contribution in [-0.4, -0.2) is 12.8 Å². The molecule has 0 aliphatic rings. The van der Waals surface area contributed by atoms with Crippen molar-refractivity contribution in [3.63, 3.8) is 0 Å². The minimum absolute atomic E-state index is 0.228. The van der Waals surface area contributed by atoms with Gasteiger partial charge < -0.3 is 5.32 Å². The van der Waals surface area contributed by atoms with Crippen molar-refractivity contribution in [2.75, 3.05) is 18.1 Å². The highest BCUT2D eigenvalue weighted by atomic mass is 35.5. The zero-order valence-corrected chi connectivity index (χ0v) is 10.3. The predicted molar refractivity (Wildman–Crippen MR) is 66.3 cm³/mol. The largest absolute Gasteiger partial charge is 0.386 e. The quantitative estimate of drug-likeness (QED) is 0.802. The second-order valence-corrected chi connectivity index (χ2v) is 4.68. The highest BCUT2D eigenvalue weighted by molar-refractivity contribution is 7.99. The molecule has 1 aromatic carbocycles. The molecule has 0 radical (unpaired) electrons. The zero-order chi connectivity index (χ0) is 11.3. The number of anilines is 1. The van der Waals surface area contributed by atoms with E-state index in [-0.39, 0.29) is 5.82 Å². The third-order valence-corrected chi connectivity index (χ3v) is 2.90. The maximum absolute atomic E-state index is 13.3. The molecule has 0 atom stereocenters. The summed E-state index contributed by atoms with van der Waals surface area (Å²) < 4.78 is 13.3. The lowest BCUT2D eigenvalue weighted by atomic mass is 10.3. The first-order chi connectivity index (χ1) is 7.13. The van der Waals surface area contributed by atoms with Gasteiger partial charge >= 0.3 is 0 Å². The molecule has 0 saturated carbocycles. The van der Waals surface area contributed by atoms with Gasteiger partial charge in [-0.25, -0.2) is 4.39 Å². The van der Waals surface area contributed by atoms with E-state index >= 15 is 0 Å². The summed E-state index contributed by atoms with van der Waals surface area (Å²) in [5.74, 6) is 0.530. The van der Waals surface area contributed by atoms with Crippen molar-refractivity contribution >= 4 is 29.1 Å². The third-order valence-electron chi connectivity index (χ3n) is 1.82. The molecule has 1 rings (SSSR count).